The molecule has 1 aromatic rings. The standard InChI is InChI=1S/C13H23N5OS.HI/c1-3-14-13(16-9-11-5-4-8-20-11)15-7-6-12-17-10(2)18-19-12;/h11H,3-9H2,1-2H3,(H2,14,15,16);1H. The molecule has 21 heavy (non-hydrogen) atoms. The third kappa shape index (κ3) is 6.86. The Morgan fingerprint density at radius 3 is 2.95 bits per heavy atom. The van der Waals surface area contributed by atoms with E-state index >= 15 is 0 Å². The van der Waals surface area contributed by atoms with Gasteiger partial charge in [-0.3, -0.25) is 4.99 Å². The zero-order valence-corrected chi connectivity index (χ0v) is 15.7. The molecule has 6 nitrogen and oxygen atoms in total. The smallest absolute Gasteiger partial charge is 0.228 e. The Labute approximate surface area is 147 Å². The normalized spacial score (nSPS) is 18.4. The summed E-state index contributed by atoms with van der Waals surface area (Å²) in [5.74, 6) is 3.49. The van der Waals surface area contributed by atoms with Crippen molar-refractivity contribution < 1.29 is 4.52 Å². The quantitative estimate of drug-likeness (QED) is 0.413. The number of guanidine groups is 1. The Morgan fingerprint density at radius 1 is 1.48 bits per heavy atom. The molecule has 0 radical (unpaired) electrons. The maximum atomic E-state index is 5.08. The summed E-state index contributed by atoms with van der Waals surface area (Å²) in [5.41, 5.74) is 0. The lowest BCUT2D eigenvalue weighted by Crippen LogP contribution is -2.38. The fraction of sp³-hybridized carbons (Fsp3) is 0.769. The molecule has 2 rings (SSSR count). The van der Waals surface area contributed by atoms with Crippen LogP contribution in [0.3, 0.4) is 0 Å². The fourth-order valence-corrected chi connectivity index (χ4v) is 3.23. The van der Waals surface area contributed by atoms with Crippen LogP contribution in [0.25, 0.3) is 0 Å². The number of hydrogen-bond donors (Lipinski definition) is 2. The average Bonchev–Trinajstić information content (AvgIpc) is 3.08. The minimum atomic E-state index is 0. The lowest BCUT2D eigenvalue weighted by Gasteiger charge is -2.11. The van der Waals surface area contributed by atoms with Crippen LogP contribution in [0.15, 0.2) is 9.52 Å². The molecule has 0 bridgehead atoms. The van der Waals surface area contributed by atoms with Crippen LogP contribution in [0, 0.1) is 6.92 Å². The van der Waals surface area contributed by atoms with E-state index in [0.29, 0.717) is 23.4 Å². The molecule has 1 saturated heterocycles. The van der Waals surface area contributed by atoms with E-state index in [-0.39, 0.29) is 24.0 Å². The molecule has 0 spiro atoms. The third-order valence-electron chi connectivity index (χ3n) is 3.02. The van der Waals surface area contributed by atoms with Crippen LogP contribution in [-0.4, -0.2) is 46.7 Å². The van der Waals surface area contributed by atoms with Gasteiger partial charge in [0.1, 0.15) is 0 Å². The van der Waals surface area contributed by atoms with E-state index in [4.69, 9.17) is 4.52 Å². The number of thioether (sulfide) groups is 1. The Hall–Kier alpha value is -0.510. The van der Waals surface area contributed by atoms with Crippen molar-refractivity contribution in [2.24, 2.45) is 4.99 Å². The summed E-state index contributed by atoms with van der Waals surface area (Å²) in [7, 11) is 0. The Morgan fingerprint density at radius 2 is 2.33 bits per heavy atom. The molecule has 1 unspecified atom stereocenters. The molecule has 0 aromatic carbocycles. The molecule has 1 fully saturated rings. The first-order chi connectivity index (χ1) is 9.78. The lowest BCUT2D eigenvalue weighted by molar-refractivity contribution is 0.374. The molecular formula is C13H24IN5OS. The molecule has 0 aliphatic carbocycles. The first-order valence-corrected chi connectivity index (χ1v) is 8.25. The summed E-state index contributed by atoms with van der Waals surface area (Å²) in [5, 5.41) is 11.0. The van der Waals surface area contributed by atoms with Crippen molar-refractivity contribution >= 4 is 41.7 Å². The summed E-state index contributed by atoms with van der Waals surface area (Å²) in [6.45, 7) is 6.39. The number of halogens is 1. The highest BCUT2D eigenvalue weighted by Gasteiger charge is 2.14. The summed E-state index contributed by atoms with van der Waals surface area (Å²) >= 11 is 2.03. The molecule has 120 valence electrons. The number of hydrogen-bond acceptors (Lipinski definition) is 5. The molecule has 8 heteroatoms. The monoisotopic (exact) mass is 425 g/mol. The fourth-order valence-electron chi connectivity index (χ4n) is 2.05. The van der Waals surface area contributed by atoms with E-state index in [0.717, 1.165) is 25.6 Å². The topological polar surface area (TPSA) is 75.3 Å². The van der Waals surface area contributed by atoms with Crippen LogP contribution in [0.5, 0.6) is 0 Å². The number of nitrogens with one attached hydrogen (secondary N) is 2. The average molecular weight is 425 g/mol. The Bertz CT molecular complexity index is 434. The molecule has 2 heterocycles. The number of aromatic nitrogens is 2. The van der Waals surface area contributed by atoms with Crippen molar-refractivity contribution in [3.8, 4) is 0 Å². The molecule has 2 N–H and O–H groups in total. The van der Waals surface area contributed by atoms with Gasteiger partial charge in [0.2, 0.25) is 5.89 Å². The summed E-state index contributed by atoms with van der Waals surface area (Å²) in [4.78, 5) is 8.82. The van der Waals surface area contributed by atoms with Crippen molar-refractivity contribution in [2.45, 2.75) is 38.4 Å². The maximum absolute atomic E-state index is 5.08. The van der Waals surface area contributed by atoms with Crippen molar-refractivity contribution in [3.05, 3.63) is 11.7 Å². The van der Waals surface area contributed by atoms with Gasteiger partial charge in [0.05, 0.1) is 6.54 Å². The third-order valence-corrected chi connectivity index (χ3v) is 4.40. The zero-order valence-electron chi connectivity index (χ0n) is 12.6. The van der Waals surface area contributed by atoms with Crippen molar-refractivity contribution in [2.75, 3.05) is 25.4 Å². The maximum Gasteiger partial charge on any atom is 0.228 e. The SMILES string of the molecule is CCNC(=NCC1CCCS1)NCCc1nc(C)no1.I. The second kappa shape index (κ2) is 10.3. The van der Waals surface area contributed by atoms with Gasteiger partial charge in [-0.25, -0.2) is 0 Å². The largest absolute Gasteiger partial charge is 0.357 e. The summed E-state index contributed by atoms with van der Waals surface area (Å²) in [6.07, 6.45) is 3.32. The highest BCUT2D eigenvalue weighted by atomic mass is 127. The van der Waals surface area contributed by atoms with E-state index < -0.39 is 0 Å². The van der Waals surface area contributed by atoms with Crippen LogP contribution in [0.1, 0.15) is 31.5 Å². The van der Waals surface area contributed by atoms with Gasteiger partial charge in [0.15, 0.2) is 11.8 Å². The first-order valence-electron chi connectivity index (χ1n) is 7.21. The van der Waals surface area contributed by atoms with Gasteiger partial charge in [-0.05, 0) is 32.4 Å². The van der Waals surface area contributed by atoms with Gasteiger partial charge < -0.3 is 15.2 Å². The minimum absolute atomic E-state index is 0. The number of rotatable bonds is 6. The van der Waals surface area contributed by atoms with Gasteiger partial charge in [-0.2, -0.15) is 16.7 Å². The van der Waals surface area contributed by atoms with Crippen LogP contribution in [0.4, 0.5) is 0 Å². The van der Waals surface area contributed by atoms with Crippen molar-refractivity contribution in [1.29, 1.82) is 0 Å². The van der Waals surface area contributed by atoms with Crippen LogP contribution >= 0.6 is 35.7 Å². The predicted octanol–water partition coefficient (Wildman–Crippen LogP) is 1.99. The second-order valence-corrected chi connectivity index (χ2v) is 6.18. The van der Waals surface area contributed by atoms with E-state index in [1.807, 2.05) is 18.7 Å². The number of aryl methyl sites for hydroxylation is 1. The zero-order chi connectivity index (χ0) is 14.2. The van der Waals surface area contributed by atoms with E-state index in [1.165, 1.54) is 18.6 Å². The molecule has 1 atom stereocenters. The van der Waals surface area contributed by atoms with E-state index in [2.05, 4.69) is 32.7 Å². The highest BCUT2D eigenvalue weighted by molar-refractivity contribution is 14.0. The van der Waals surface area contributed by atoms with Gasteiger partial charge in [0, 0.05) is 24.8 Å². The van der Waals surface area contributed by atoms with Gasteiger partial charge >= 0.3 is 0 Å². The Balaban J connectivity index is 0.00000220. The molecule has 1 aromatic heterocycles. The van der Waals surface area contributed by atoms with Gasteiger partial charge in [-0.1, -0.05) is 5.16 Å². The number of aliphatic imine (C=N–C) groups is 1. The lowest BCUT2D eigenvalue weighted by atomic mass is 10.2. The van der Waals surface area contributed by atoms with Crippen LogP contribution in [0.2, 0.25) is 0 Å². The molecule has 0 amide bonds. The summed E-state index contributed by atoms with van der Waals surface area (Å²) in [6, 6.07) is 0. The highest BCUT2D eigenvalue weighted by Crippen LogP contribution is 2.25. The minimum Gasteiger partial charge on any atom is -0.357 e. The van der Waals surface area contributed by atoms with Crippen LogP contribution < -0.4 is 10.6 Å². The second-order valence-electron chi connectivity index (χ2n) is 4.77. The van der Waals surface area contributed by atoms with Crippen LogP contribution in [-0.2, 0) is 6.42 Å². The van der Waals surface area contributed by atoms with Crippen molar-refractivity contribution in [1.82, 2.24) is 20.8 Å². The molecule has 0 saturated carbocycles. The first kappa shape index (κ1) is 18.5. The Kier molecular flexibility index (Phi) is 9.05. The molecular weight excluding hydrogens is 401 g/mol. The summed E-state index contributed by atoms with van der Waals surface area (Å²) < 4.78 is 5.08. The number of nitrogens with zero attached hydrogens (tertiary/aromatic N) is 3. The van der Waals surface area contributed by atoms with E-state index in [1.54, 1.807) is 0 Å². The van der Waals surface area contributed by atoms with Gasteiger partial charge in [-0.15, -0.1) is 24.0 Å². The van der Waals surface area contributed by atoms with Gasteiger partial charge in [0.25, 0.3) is 0 Å². The van der Waals surface area contributed by atoms with Crippen molar-refractivity contribution in [3.63, 3.8) is 0 Å². The predicted molar refractivity (Wildman–Crippen MR) is 97.6 cm³/mol. The molecule has 1 aliphatic heterocycles. The van der Waals surface area contributed by atoms with E-state index in [9.17, 15) is 0 Å². The molecule has 1 aliphatic rings.